The number of anilines is 1. The molecule has 2 aromatic heterocycles. The van der Waals surface area contributed by atoms with Crippen LogP contribution in [0.4, 0.5) is 10.1 Å². The Labute approximate surface area is 197 Å². The average Bonchev–Trinajstić information content (AvgIpc) is 3.20. The minimum Gasteiger partial charge on any atom is -0.494 e. The second-order valence-electron chi connectivity index (χ2n) is 8.74. The molecule has 8 heteroatoms. The van der Waals surface area contributed by atoms with Crippen LogP contribution in [0, 0.1) is 17.1 Å². The van der Waals surface area contributed by atoms with E-state index in [-0.39, 0.29) is 22.4 Å². The van der Waals surface area contributed by atoms with Crippen LogP contribution in [0.1, 0.15) is 38.8 Å². The number of rotatable bonds is 8. The fourth-order valence-corrected chi connectivity index (χ4v) is 4.74. The van der Waals surface area contributed by atoms with Crippen LogP contribution in [0.3, 0.4) is 0 Å². The summed E-state index contributed by atoms with van der Waals surface area (Å²) in [6, 6.07) is 8.83. The number of methoxy groups -OCH3 is 1. The summed E-state index contributed by atoms with van der Waals surface area (Å²) in [5.41, 5.74) is 2.06. The zero-order valence-electron chi connectivity index (χ0n) is 20.3. The third-order valence-corrected chi connectivity index (χ3v) is 6.22. The van der Waals surface area contributed by atoms with Gasteiger partial charge in [0.1, 0.15) is 17.1 Å². The molecule has 0 saturated carbocycles. The molecule has 2 aromatic carbocycles. The predicted molar refractivity (Wildman–Crippen MR) is 136 cm³/mol. The van der Waals surface area contributed by atoms with Crippen molar-refractivity contribution in [3.63, 3.8) is 0 Å². The van der Waals surface area contributed by atoms with E-state index in [0.717, 1.165) is 6.42 Å². The Morgan fingerprint density at radius 1 is 1.26 bits per heavy atom. The molecular formula is C26H30FN5O2. The largest absolute Gasteiger partial charge is 0.494 e. The molecular weight excluding hydrogens is 433 g/mol. The standard InChI is InChI=1S/C26H30FN5O2/c1-6-10-31(11-9-29-4)24-20(34-5)13-18-23(22(24)27)32(15(2)3)26-21(25(18)33)17-8-7-16(14-28)12-19(17)30-26/h7-8,12-13,15,29-30H,6,9-11H2,1-5H3. The molecule has 0 aliphatic heterocycles. The minimum atomic E-state index is -0.469. The second kappa shape index (κ2) is 9.35. The number of hydrogen-bond donors (Lipinski definition) is 2. The average molecular weight is 464 g/mol. The fraction of sp³-hybridized carbons (Fsp3) is 0.385. The Morgan fingerprint density at radius 3 is 2.65 bits per heavy atom. The summed E-state index contributed by atoms with van der Waals surface area (Å²) in [6.07, 6.45) is 0.837. The lowest BCUT2D eigenvalue weighted by molar-refractivity contribution is 0.411. The van der Waals surface area contributed by atoms with E-state index in [9.17, 15) is 10.1 Å². The van der Waals surface area contributed by atoms with Crippen LogP contribution in [-0.2, 0) is 0 Å². The van der Waals surface area contributed by atoms with Crippen molar-refractivity contribution in [1.29, 1.82) is 5.26 Å². The number of likely N-dealkylation sites (N-methyl/N-ethyl adjacent to an activating group) is 1. The first-order valence-electron chi connectivity index (χ1n) is 11.6. The predicted octanol–water partition coefficient (Wildman–Crippen LogP) is 4.67. The molecule has 0 saturated heterocycles. The van der Waals surface area contributed by atoms with Gasteiger partial charge in [-0.3, -0.25) is 4.79 Å². The number of benzene rings is 2. The Hall–Kier alpha value is -3.57. The molecule has 0 unspecified atom stereocenters. The van der Waals surface area contributed by atoms with Crippen LogP contribution in [0.5, 0.6) is 5.75 Å². The van der Waals surface area contributed by atoms with Gasteiger partial charge in [0.25, 0.3) is 0 Å². The first kappa shape index (κ1) is 23.6. The fourth-order valence-electron chi connectivity index (χ4n) is 4.74. The summed E-state index contributed by atoms with van der Waals surface area (Å²) in [6.45, 7) is 7.90. The maximum absolute atomic E-state index is 16.5. The maximum Gasteiger partial charge on any atom is 0.199 e. The molecule has 0 amide bonds. The van der Waals surface area contributed by atoms with Crippen molar-refractivity contribution in [1.82, 2.24) is 14.9 Å². The number of nitrogens with zero attached hydrogens (tertiary/aromatic N) is 3. The molecule has 0 aliphatic rings. The van der Waals surface area contributed by atoms with Crippen molar-refractivity contribution in [2.75, 3.05) is 38.7 Å². The topological polar surface area (TPSA) is 86.1 Å². The molecule has 0 fully saturated rings. The normalized spacial score (nSPS) is 11.6. The molecule has 2 N–H and O–H groups in total. The Kier molecular flexibility index (Phi) is 6.49. The highest BCUT2D eigenvalue weighted by Crippen LogP contribution is 2.39. The number of nitrogens with one attached hydrogen (secondary N) is 2. The molecule has 0 radical (unpaired) electrons. The molecule has 0 spiro atoms. The zero-order chi connectivity index (χ0) is 24.6. The molecule has 4 aromatic rings. The van der Waals surface area contributed by atoms with E-state index in [0.29, 0.717) is 58.6 Å². The van der Waals surface area contributed by atoms with Crippen molar-refractivity contribution < 1.29 is 9.13 Å². The highest BCUT2D eigenvalue weighted by molar-refractivity contribution is 6.10. The van der Waals surface area contributed by atoms with Crippen LogP contribution in [0.25, 0.3) is 32.8 Å². The monoisotopic (exact) mass is 463 g/mol. The summed E-state index contributed by atoms with van der Waals surface area (Å²) < 4.78 is 23.9. The third-order valence-electron chi connectivity index (χ3n) is 6.22. The molecule has 7 nitrogen and oxygen atoms in total. The van der Waals surface area contributed by atoms with Gasteiger partial charge in [0.15, 0.2) is 11.2 Å². The third kappa shape index (κ3) is 3.66. The Balaban J connectivity index is 2.18. The number of hydrogen-bond acceptors (Lipinski definition) is 5. The molecule has 4 rings (SSSR count). The lowest BCUT2D eigenvalue weighted by atomic mass is 10.1. The van der Waals surface area contributed by atoms with Gasteiger partial charge in [0.05, 0.1) is 35.0 Å². The summed E-state index contributed by atoms with van der Waals surface area (Å²) >= 11 is 0. The smallest absolute Gasteiger partial charge is 0.199 e. The van der Waals surface area contributed by atoms with Gasteiger partial charge >= 0.3 is 0 Å². The maximum atomic E-state index is 16.5. The highest BCUT2D eigenvalue weighted by atomic mass is 19.1. The van der Waals surface area contributed by atoms with E-state index < -0.39 is 5.82 Å². The highest BCUT2D eigenvalue weighted by Gasteiger charge is 2.26. The van der Waals surface area contributed by atoms with Crippen molar-refractivity contribution in [2.24, 2.45) is 0 Å². The number of halogens is 1. The molecule has 0 aliphatic carbocycles. The van der Waals surface area contributed by atoms with E-state index in [4.69, 9.17) is 4.74 Å². The number of aromatic amines is 1. The van der Waals surface area contributed by atoms with Gasteiger partial charge in [-0.05, 0) is 45.5 Å². The number of fused-ring (bicyclic) bond motifs is 4. The lowest BCUT2D eigenvalue weighted by Crippen LogP contribution is -2.32. The zero-order valence-corrected chi connectivity index (χ0v) is 20.3. The van der Waals surface area contributed by atoms with Gasteiger partial charge in [-0.2, -0.15) is 5.26 Å². The second-order valence-corrected chi connectivity index (χ2v) is 8.74. The summed E-state index contributed by atoms with van der Waals surface area (Å²) in [7, 11) is 3.36. The van der Waals surface area contributed by atoms with Crippen molar-refractivity contribution in [3.8, 4) is 11.8 Å². The van der Waals surface area contributed by atoms with Gasteiger partial charge in [0, 0.05) is 36.6 Å². The summed E-state index contributed by atoms with van der Waals surface area (Å²) in [4.78, 5) is 19.0. The number of ether oxygens (including phenoxy) is 1. The first-order chi connectivity index (χ1) is 16.4. The molecule has 178 valence electrons. The Bertz CT molecular complexity index is 1480. The molecule has 34 heavy (non-hydrogen) atoms. The van der Waals surface area contributed by atoms with Gasteiger partial charge in [-0.1, -0.05) is 13.0 Å². The van der Waals surface area contributed by atoms with Gasteiger partial charge in [-0.25, -0.2) is 4.39 Å². The number of H-pyrrole nitrogens is 1. The quantitative estimate of drug-likeness (QED) is 0.397. The van der Waals surface area contributed by atoms with Gasteiger partial charge < -0.3 is 24.5 Å². The first-order valence-corrected chi connectivity index (χ1v) is 11.6. The van der Waals surface area contributed by atoms with Crippen molar-refractivity contribution >= 4 is 38.5 Å². The van der Waals surface area contributed by atoms with E-state index >= 15 is 4.39 Å². The van der Waals surface area contributed by atoms with Crippen molar-refractivity contribution in [3.05, 3.63) is 45.9 Å². The summed E-state index contributed by atoms with van der Waals surface area (Å²) in [5, 5.41) is 13.9. The van der Waals surface area contributed by atoms with Crippen LogP contribution < -0.4 is 20.4 Å². The molecule has 0 atom stereocenters. The number of nitriles is 1. The van der Waals surface area contributed by atoms with E-state index in [1.807, 2.05) is 37.3 Å². The SMILES string of the molecule is CCCN(CCNC)c1c(OC)cc2c(=O)c3c4ccc(C#N)cc4[nH]c3n(C(C)C)c2c1F. The van der Waals surface area contributed by atoms with Gasteiger partial charge in [-0.15, -0.1) is 0 Å². The number of aromatic nitrogens is 2. The van der Waals surface area contributed by atoms with Crippen LogP contribution in [0.15, 0.2) is 29.1 Å². The summed E-state index contributed by atoms with van der Waals surface area (Å²) in [5.74, 6) is -0.129. The lowest BCUT2D eigenvalue weighted by Gasteiger charge is -2.28. The molecule has 2 heterocycles. The molecule has 0 bridgehead atoms. The van der Waals surface area contributed by atoms with E-state index in [1.165, 1.54) is 7.11 Å². The van der Waals surface area contributed by atoms with Crippen LogP contribution in [0.2, 0.25) is 0 Å². The number of pyridine rings is 1. The van der Waals surface area contributed by atoms with Crippen molar-refractivity contribution in [2.45, 2.75) is 33.2 Å². The van der Waals surface area contributed by atoms with E-state index in [1.54, 1.807) is 24.3 Å². The van der Waals surface area contributed by atoms with E-state index in [2.05, 4.69) is 16.4 Å². The van der Waals surface area contributed by atoms with Crippen LogP contribution >= 0.6 is 0 Å². The minimum absolute atomic E-state index is 0.137. The Morgan fingerprint density at radius 2 is 2.03 bits per heavy atom. The van der Waals surface area contributed by atoms with Crippen LogP contribution in [-0.4, -0.2) is 43.3 Å². The van der Waals surface area contributed by atoms with Gasteiger partial charge in [0.2, 0.25) is 0 Å².